The molecule has 2 aromatic rings. The van der Waals surface area contributed by atoms with Gasteiger partial charge in [0.25, 0.3) is 0 Å². The molecular formula is C30H42N4O11. The molecule has 0 atom stereocenters. The molecule has 15 heteroatoms. The third kappa shape index (κ3) is 10.5. The van der Waals surface area contributed by atoms with E-state index in [1.165, 1.54) is 54.6 Å². The first-order chi connectivity index (χ1) is 21.7. The molecule has 248 valence electrons. The van der Waals surface area contributed by atoms with E-state index < -0.39 is 18.2 Å². The molecule has 2 amide bonds. The molecule has 1 aliphatic rings. The highest BCUT2D eigenvalue weighted by Gasteiger charge is 2.19. The van der Waals surface area contributed by atoms with Gasteiger partial charge < -0.3 is 37.9 Å². The maximum absolute atomic E-state index is 12.4. The second kappa shape index (κ2) is 17.6. The number of ether oxygens (including phenoxy) is 8. The summed E-state index contributed by atoms with van der Waals surface area (Å²) in [5.41, 5.74) is 0.807. The Labute approximate surface area is 262 Å². The number of methoxy groups -OCH3 is 5. The predicted octanol–water partition coefficient (Wildman–Crippen LogP) is 3.46. The molecule has 1 fully saturated rings. The van der Waals surface area contributed by atoms with Gasteiger partial charge in [-0.05, 0) is 19.5 Å². The average Bonchev–Trinajstić information content (AvgIpc) is 3.25. The van der Waals surface area contributed by atoms with Crippen LogP contribution >= 0.6 is 0 Å². The molecule has 0 spiro atoms. The highest BCUT2D eigenvalue weighted by molar-refractivity contribution is 5.87. The van der Waals surface area contributed by atoms with Crippen LogP contribution in [0.4, 0.5) is 21.0 Å². The van der Waals surface area contributed by atoms with Crippen molar-refractivity contribution >= 4 is 29.5 Å². The molecule has 0 aliphatic carbocycles. The summed E-state index contributed by atoms with van der Waals surface area (Å²) in [4.78, 5) is 40.7. The van der Waals surface area contributed by atoms with Crippen LogP contribution in [0.1, 0.15) is 13.3 Å². The fraction of sp³-hybridized carbons (Fsp3) is 0.500. The van der Waals surface area contributed by atoms with Crippen molar-refractivity contribution in [2.75, 3.05) is 98.7 Å². The minimum Gasteiger partial charge on any atom is -0.493 e. The van der Waals surface area contributed by atoms with Gasteiger partial charge in [-0.15, -0.1) is 0 Å². The summed E-state index contributed by atoms with van der Waals surface area (Å²) >= 11 is 0. The van der Waals surface area contributed by atoms with E-state index in [4.69, 9.17) is 37.9 Å². The van der Waals surface area contributed by atoms with Crippen LogP contribution in [-0.2, 0) is 14.3 Å². The summed E-state index contributed by atoms with van der Waals surface area (Å²) < 4.78 is 42.4. The van der Waals surface area contributed by atoms with Crippen LogP contribution < -0.4 is 39.1 Å². The van der Waals surface area contributed by atoms with E-state index in [0.717, 1.165) is 32.6 Å². The average molecular weight is 635 g/mol. The third-order valence-corrected chi connectivity index (χ3v) is 6.83. The molecule has 45 heavy (non-hydrogen) atoms. The van der Waals surface area contributed by atoms with E-state index in [2.05, 4.69) is 20.4 Å². The Morgan fingerprint density at radius 3 is 1.38 bits per heavy atom. The van der Waals surface area contributed by atoms with E-state index in [0.29, 0.717) is 41.7 Å². The van der Waals surface area contributed by atoms with Gasteiger partial charge >= 0.3 is 18.2 Å². The largest absolute Gasteiger partial charge is 0.493 e. The van der Waals surface area contributed by atoms with Gasteiger partial charge in [-0.3, -0.25) is 25.2 Å². The number of anilines is 2. The van der Waals surface area contributed by atoms with Crippen LogP contribution in [0.5, 0.6) is 34.5 Å². The number of esters is 1. The molecule has 3 rings (SSSR count). The van der Waals surface area contributed by atoms with Crippen LogP contribution in [0, 0.1) is 0 Å². The Bertz CT molecular complexity index is 1260. The minimum absolute atomic E-state index is 0.118. The van der Waals surface area contributed by atoms with E-state index >= 15 is 0 Å². The standard InChI is InChI=1S/C30H42N4O11/c1-20(35)45-28-25(40-4)18-22(19-26(28)41-5)32-30(37)44-15-13-34-9-7-8-33(10-11-34)12-14-43-29(36)31-21-16-23(38-2)27(42-6)24(17-21)39-3/h16-19H,7-15H2,1-6H3,(H,31,36)(H,32,37). The number of rotatable bonds is 14. The molecule has 1 heterocycles. The van der Waals surface area contributed by atoms with Crippen molar-refractivity contribution < 1.29 is 52.3 Å². The lowest BCUT2D eigenvalue weighted by Crippen LogP contribution is -2.35. The summed E-state index contributed by atoms with van der Waals surface area (Å²) in [5, 5.41) is 5.33. The van der Waals surface area contributed by atoms with Crippen molar-refractivity contribution in [3.05, 3.63) is 24.3 Å². The van der Waals surface area contributed by atoms with Crippen LogP contribution in [0.25, 0.3) is 0 Å². The zero-order valence-corrected chi connectivity index (χ0v) is 26.6. The normalized spacial score (nSPS) is 13.6. The Kier molecular flexibility index (Phi) is 13.6. The Morgan fingerprint density at radius 1 is 0.622 bits per heavy atom. The van der Waals surface area contributed by atoms with Crippen molar-refractivity contribution in [3.63, 3.8) is 0 Å². The molecule has 2 N–H and O–H groups in total. The van der Waals surface area contributed by atoms with Crippen molar-refractivity contribution in [1.29, 1.82) is 0 Å². The summed E-state index contributed by atoms with van der Waals surface area (Å²) in [6.45, 7) is 6.06. The highest BCUT2D eigenvalue weighted by atomic mass is 16.6. The molecule has 1 saturated heterocycles. The van der Waals surface area contributed by atoms with Crippen molar-refractivity contribution in [1.82, 2.24) is 9.80 Å². The summed E-state index contributed by atoms with van der Waals surface area (Å²) in [5.74, 6) is 1.29. The monoisotopic (exact) mass is 634 g/mol. The Hall–Kier alpha value is -4.63. The van der Waals surface area contributed by atoms with Crippen LogP contribution in [0.2, 0.25) is 0 Å². The Morgan fingerprint density at radius 2 is 1.02 bits per heavy atom. The molecule has 1 aliphatic heterocycles. The lowest BCUT2D eigenvalue weighted by Gasteiger charge is -2.21. The lowest BCUT2D eigenvalue weighted by atomic mass is 10.2. The summed E-state index contributed by atoms with van der Waals surface area (Å²) in [7, 11) is 7.33. The zero-order valence-electron chi connectivity index (χ0n) is 26.6. The number of amides is 2. The van der Waals surface area contributed by atoms with Gasteiger partial charge in [-0.25, -0.2) is 9.59 Å². The van der Waals surface area contributed by atoms with Gasteiger partial charge in [0.1, 0.15) is 13.2 Å². The van der Waals surface area contributed by atoms with Gasteiger partial charge in [0.2, 0.25) is 11.5 Å². The van der Waals surface area contributed by atoms with Crippen LogP contribution in [0.15, 0.2) is 24.3 Å². The molecule has 0 bridgehead atoms. The van der Waals surface area contributed by atoms with Crippen molar-refractivity contribution in [2.24, 2.45) is 0 Å². The number of nitrogens with zero attached hydrogens (tertiary/aromatic N) is 2. The predicted molar refractivity (Wildman–Crippen MR) is 164 cm³/mol. The van der Waals surface area contributed by atoms with Gasteiger partial charge in [-0.2, -0.15) is 0 Å². The molecule has 0 radical (unpaired) electrons. The summed E-state index contributed by atoms with van der Waals surface area (Å²) in [6.07, 6.45) is -0.316. The van der Waals surface area contributed by atoms with Gasteiger partial charge in [0.15, 0.2) is 23.0 Å². The quantitative estimate of drug-likeness (QED) is 0.230. The maximum atomic E-state index is 12.4. The maximum Gasteiger partial charge on any atom is 0.411 e. The zero-order chi connectivity index (χ0) is 32.8. The van der Waals surface area contributed by atoms with Gasteiger partial charge in [0.05, 0.1) is 46.9 Å². The molecule has 15 nitrogen and oxygen atoms in total. The van der Waals surface area contributed by atoms with E-state index in [9.17, 15) is 14.4 Å². The number of nitrogens with one attached hydrogen (secondary N) is 2. The fourth-order valence-electron chi connectivity index (χ4n) is 4.66. The first-order valence-corrected chi connectivity index (χ1v) is 14.3. The number of carbonyl (C=O) groups is 3. The first-order valence-electron chi connectivity index (χ1n) is 14.3. The number of benzene rings is 2. The number of carbonyl (C=O) groups excluding carboxylic acids is 3. The second-order valence-electron chi connectivity index (χ2n) is 9.78. The third-order valence-electron chi connectivity index (χ3n) is 6.83. The van der Waals surface area contributed by atoms with E-state index in [1.807, 2.05) is 0 Å². The SMILES string of the molecule is COc1cc(NC(=O)OCCN2CCCN(CCOC(=O)Nc3cc(OC)c(OC(C)=O)c(OC)c3)CC2)cc(OC)c1OC. The van der Waals surface area contributed by atoms with Crippen molar-refractivity contribution in [2.45, 2.75) is 13.3 Å². The fourth-order valence-corrected chi connectivity index (χ4v) is 4.66. The minimum atomic E-state index is -0.641. The second-order valence-corrected chi connectivity index (χ2v) is 9.78. The van der Waals surface area contributed by atoms with Gasteiger partial charge in [-0.1, -0.05) is 0 Å². The number of hydrogen-bond donors (Lipinski definition) is 2. The molecule has 2 aromatic carbocycles. The molecular weight excluding hydrogens is 592 g/mol. The van der Waals surface area contributed by atoms with E-state index in [1.54, 1.807) is 12.1 Å². The summed E-state index contributed by atoms with van der Waals surface area (Å²) in [6, 6.07) is 6.26. The van der Waals surface area contributed by atoms with Crippen LogP contribution in [0.3, 0.4) is 0 Å². The topological polar surface area (TPSA) is 156 Å². The number of hydrogen-bond acceptors (Lipinski definition) is 13. The van der Waals surface area contributed by atoms with Crippen LogP contribution in [-0.4, -0.2) is 116 Å². The smallest absolute Gasteiger partial charge is 0.411 e. The van der Waals surface area contributed by atoms with E-state index in [-0.39, 0.29) is 30.5 Å². The molecule has 0 saturated carbocycles. The van der Waals surface area contributed by atoms with Gasteiger partial charge in [0, 0.05) is 57.4 Å². The Balaban J connectivity index is 1.38. The first kappa shape index (κ1) is 34.9. The lowest BCUT2D eigenvalue weighted by molar-refractivity contribution is -0.132. The highest BCUT2D eigenvalue weighted by Crippen LogP contribution is 2.41. The van der Waals surface area contributed by atoms with Crippen molar-refractivity contribution in [3.8, 4) is 34.5 Å². The molecule has 0 unspecified atom stereocenters. The molecule has 0 aromatic heterocycles.